The fourth-order valence-corrected chi connectivity index (χ4v) is 5.61. The lowest BCUT2D eigenvalue weighted by Gasteiger charge is -2.32. The maximum atomic E-state index is 13.0. The third-order valence-corrected chi connectivity index (χ3v) is 7.71. The van der Waals surface area contributed by atoms with Crippen molar-refractivity contribution in [1.82, 2.24) is 10.2 Å². The molecule has 1 aliphatic carbocycles. The second kappa shape index (κ2) is 11.8. The van der Waals surface area contributed by atoms with E-state index in [2.05, 4.69) is 64.8 Å². The molecule has 2 aliphatic rings. The van der Waals surface area contributed by atoms with Crippen molar-refractivity contribution < 1.29 is 4.79 Å². The molecule has 1 amide bonds. The van der Waals surface area contributed by atoms with E-state index in [4.69, 9.17) is 5.73 Å². The van der Waals surface area contributed by atoms with Crippen molar-refractivity contribution in [3.8, 4) is 0 Å². The van der Waals surface area contributed by atoms with Crippen LogP contribution in [0.15, 0.2) is 60.7 Å². The van der Waals surface area contributed by atoms with Crippen molar-refractivity contribution in [3.63, 3.8) is 0 Å². The van der Waals surface area contributed by atoms with Gasteiger partial charge in [-0.1, -0.05) is 73.5 Å². The number of likely N-dealkylation sites (tertiary alicyclic amines) is 1. The van der Waals surface area contributed by atoms with Crippen molar-refractivity contribution >= 4 is 5.91 Å². The molecule has 0 bridgehead atoms. The van der Waals surface area contributed by atoms with Crippen LogP contribution in [0.1, 0.15) is 62.5 Å². The van der Waals surface area contributed by atoms with Crippen molar-refractivity contribution in [2.24, 2.45) is 11.7 Å². The highest BCUT2D eigenvalue weighted by molar-refractivity contribution is 5.86. The van der Waals surface area contributed by atoms with Crippen LogP contribution in [-0.4, -0.2) is 42.0 Å². The lowest BCUT2D eigenvalue weighted by atomic mass is 9.90. The summed E-state index contributed by atoms with van der Waals surface area (Å²) in [5.74, 6) is 0.864. The summed E-state index contributed by atoms with van der Waals surface area (Å²) >= 11 is 0. The molecular formula is C29H41N3O. The first-order chi connectivity index (χ1) is 16.1. The molecule has 1 saturated heterocycles. The molecule has 4 heteroatoms. The lowest BCUT2D eigenvalue weighted by Crippen LogP contribution is -2.54. The van der Waals surface area contributed by atoms with Gasteiger partial charge in [-0.05, 0) is 88.0 Å². The van der Waals surface area contributed by atoms with E-state index in [9.17, 15) is 4.79 Å². The Morgan fingerprint density at radius 1 is 0.970 bits per heavy atom. The van der Waals surface area contributed by atoms with Crippen LogP contribution in [0, 0.1) is 5.92 Å². The van der Waals surface area contributed by atoms with Gasteiger partial charge in [0.15, 0.2) is 0 Å². The van der Waals surface area contributed by atoms with E-state index in [1.807, 2.05) is 6.07 Å². The zero-order valence-corrected chi connectivity index (χ0v) is 20.1. The molecule has 3 N–H and O–H groups in total. The maximum Gasteiger partial charge on any atom is 0.240 e. The van der Waals surface area contributed by atoms with E-state index in [0.29, 0.717) is 0 Å². The zero-order valence-electron chi connectivity index (χ0n) is 20.1. The molecule has 1 saturated carbocycles. The summed E-state index contributed by atoms with van der Waals surface area (Å²) in [5.41, 5.74) is 8.53. The molecule has 178 valence electrons. The molecular weight excluding hydrogens is 406 g/mol. The number of nitrogens with two attached hydrogens (primary N) is 1. The normalized spacial score (nSPS) is 19.9. The minimum atomic E-state index is -0.657. The van der Waals surface area contributed by atoms with Gasteiger partial charge in [0.25, 0.3) is 0 Å². The van der Waals surface area contributed by atoms with Crippen LogP contribution in [0.2, 0.25) is 0 Å². The highest BCUT2D eigenvalue weighted by atomic mass is 16.2. The Kier molecular flexibility index (Phi) is 8.57. The third kappa shape index (κ3) is 7.15. The Morgan fingerprint density at radius 2 is 1.58 bits per heavy atom. The highest BCUT2D eigenvalue weighted by Crippen LogP contribution is 2.28. The molecule has 2 aromatic carbocycles. The Morgan fingerprint density at radius 3 is 2.21 bits per heavy atom. The van der Waals surface area contributed by atoms with E-state index in [1.165, 1.54) is 43.5 Å². The van der Waals surface area contributed by atoms with Gasteiger partial charge in [-0.3, -0.25) is 4.79 Å². The molecule has 1 heterocycles. The van der Waals surface area contributed by atoms with E-state index in [1.54, 1.807) is 0 Å². The summed E-state index contributed by atoms with van der Waals surface area (Å²) in [7, 11) is 0. The van der Waals surface area contributed by atoms with E-state index < -0.39 is 5.54 Å². The van der Waals surface area contributed by atoms with Crippen LogP contribution in [0.4, 0.5) is 0 Å². The highest BCUT2D eigenvalue weighted by Gasteiger charge is 2.37. The number of rotatable bonds is 10. The number of benzene rings is 2. The van der Waals surface area contributed by atoms with Gasteiger partial charge in [-0.25, -0.2) is 0 Å². The maximum absolute atomic E-state index is 13.0. The first-order valence-corrected chi connectivity index (χ1v) is 13.0. The Balaban J connectivity index is 1.24. The summed E-state index contributed by atoms with van der Waals surface area (Å²) < 4.78 is 0. The first-order valence-electron chi connectivity index (χ1n) is 13.0. The Hall–Kier alpha value is -2.17. The molecule has 0 radical (unpaired) electrons. The molecule has 4 nitrogen and oxygen atoms in total. The van der Waals surface area contributed by atoms with Gasteiger partial charge in [-0.15, -0.1) is 0 Å². The molecule has 2 fully saturated rings. The molecule has 2 aromatic rings. The molecule has 4 rings (SSSR count). The molecule has 33 heavy (non-hydrogen) atoms. The predicted molar refractivity (Wildman–Crippen MR) is 136 cm³/mol. The number of hydrogen-bond acceptors (Lipinski definition) is 3. The summed E-state index contributed by atoms with van der Waals surface area (Å²) in [4.78, 5) is 15.6. The lowest BCUT2D eigenvalue weighted by molar-refractivity contribution is -0.127. The number of carbonyl (C=O) groups is 1. The van der Waals surface area contributed by atoms with Crippen LogP contribution in [0.5, 0.6) is 0 Å². The quantitative estimate of drug-likeness (QED) is 0.554. The Labute approximate surface area is 199 Å². The number of nitrogens with zero attached hydrogens (tertiary/aromatic N) is 1. The smallest absolute Gasteiger partial charge is 0.240 e. The largest absolute Gasteiger partial charge is 0.351 e. The summed E-state index contributed by atoms with van der Waals surface area (Å²) in [6.45, 7) is 3.51. The van der Waals surface area contributed by atoms with Gasteiger partial charge in [0.2, 0.25) is 5.91 Å². The molecule has 1 aliphatic heterocycles. The first kappa shape index (κ1) is 24.0. The minimum absolute atomic E-state index is 0.0580. The van der Waals surface area contributed by atoms with Gasteiger partial charge < -0.3 is 16.0 Å². The second-order valence-electron chi connectivity index (χ2n) is 10.3. The van der Waals surface area contributed by atoms with Gasteiger partial charge >= 0.3 is 0 Å². The van der Waals surface area contributed by atoms with Crippen LogP contribution < -0.4 is 11.1 Å². The van der Waals surface area contributed by atoms with Crippen molar-refractivity contribution in [3.05, 3.63) is 71.8 Å². The van der Waals surface area contributed by atoms with Crippen LogP contribution in [0.25, 0.3) is 0 Å². The van der Waals surface area contributed by atoms with Crippen LogP contribution >= 0.6 is 0 Å². The third-order valence-electron chi connectivity index (χ3n) is 7.71. The van der Waals surface area contributed by atoms with Crippen LogP contribution in [-0.2, 0) is 17.6 Å². The van der Waals surface area contributed by atoms with Gasteiger partial charge in [0.1, 0.15) is 0 Å². The number of amides is 1. The Bertz CT molecular complexity index is 840. The standard InChI is InChI=1S/C29H41N3O/c30-29(17-7-8-18-29)28(33)31-27(23-25-12-5-2-6-13-25)14-9-19-32-20-15-26(16-21-32)22-24-10-3-1-4-11-24/h1-6,10-13,26-27H,7-9,14-23,30H2,(H,31,33). The predicted octanol–water partition coefficient (Wildman–Crippen LogP) is 4.72. The zero-order chi connectivity index (χ0) is 22.9. The average Bonchev–Trinajstić information content (AvgIpc) is 3.29. The molecule has 0 aromatic heterocycles. The molecule has 1 unspecified atom stereocenters. The van der Waals surface area contributed by atoms with Crippen LogP contribution in [0.3, 0.4) is 0 Å². The SMILES string of the molecule is NC1(C(=O)NC(CCCN2CCC(Cc3ccccc3)CC2)Cc2ccccc2)CCCC1. The fourth-order valence-electron chi connectivity index (χ4n) is 5.61. The fraction of sp³-hybridized carbons (Fsp3) is 0.552. The van der Waals surface area contributed by atoms with E-state index >= 15 is 0 Å². The molecule has 1 atom stereocenters. The number of piperidine rings is 1. The van der Waals surface area contributed by atoms with Crippen molar-refractivity contribution in [2.75, 3.05) is 19.6 Å². The van der Waals surface area contributed by atoms with Gasteiger partial charge in [0, 0.05) is 6.04 Å². The number of carbonyl (C=O) groups excluding carboxylic acids is 1. The average molecular weight is 448 g/mol. The second-order valence-corrected chi connectivity index (χ2v) is 10.3. The van der Waals surface area contributed by atoms with E-state index in [0.717, 1.165) is 57.4 Å². The van der Waals surface area contributed by atoms with Gasteiger partial charge in [0.05, 0.1) is 5.54 Å². The number of hydrogen-bond donors (Lipinski definition) is 2. The number of nitrogens with one attached hydrogen (secondary N) is 1. The van der Waals surface area contributed by atoms with Gasteiger partial charge in [-0.2, -0.15) is 0 Å². The summed E-state index contributed by atoms with van der Waals surface area (Å²) in [6, 6.07) is 21.6. The van der Waals surface area contributed by atoms with E-state index in [-0.39, 0.29) is 11.9 Å². The van der Waals surface area contributed by atoms with Crippen molar-refractivity contribution in [2.45, 2.75) is 75.8 Å². The van der Waals surface area contributed by atoms with Crippen molar-refractivity contribution in [1.29, 1.82) is 0 Å². The minimum Gasteiger partial charge on any atom is -0.351 e. The monoisotopic (exact) mass is 447 g/mol. The summed E-state index contributed by atoms with van der Waals surface area (Å²) in [6.07, 6.45) is 10.5. The topological polar surface area (TPSA) is 58.4 Å². The summed E-state index contributed by atoms with van der Waals surface area (Å²) in [5, 5.41) is 3.34. The molecule has 0 spiro atoms.